The fourth-order valence-electron chi connectivity index (χ4n) is 6.44. The van der Waals surface area contributed by atoms with Crippen LogP contribution < -0.4 is 11.4 Å². The second-order valence-electron chi connectivity index (χ2n) is 7.67. The van der Waals surface area contributed by atoms with E-state index in [-0.39, 0.29) is 35.3 Å². The number of ketones is 1. The Kier molecular flexibility index (Phi) is 1.46. The number of para-hydroxylation sites is 1. The molecule has 0 N–H and O–H groups in total. The quantitative estimate of drug-likeness (QED) is 0.757. The predicted molar refractivity (Wildman–Crippen MR) is 78.3 cm³/mol. The molecule has 3 heterocycles. The molecule has 1 aromatic carbocycles. The first-order chi connectivity index (χ1) is 11.2. The summed E-state index contributed by atoms with van der Waals surface area (Å²) in [5, 5.41) is 0. The molecule has 4 unspecified atom stereocenters. The van der Waals surface area contributed by atoms with Crippen LogP contribution >= 0.6 is 0 Å². The van der Waals surface area contributed by atoms with Crippen molar-refractivity contribution in [2.24, 2.45) is 35.5 Å². The molecule has 9 rings (SSSR count). The first kappa shape index (κ1) is 11.2. The van der Waals surface area contributed by atoms with E-state index in [1.54, 1.807) is 21.5 Å². The number of hydrogen-bond donors (Lipinski definition) is 0. The van der Waals surface area contributed by atoms with Crippen molar-refractivity contribution in [3.8, 4) is 5.69 Å². The van der Waals surface area contributed by atoms with Crippen molar-refractivity contribution in [2.75, 3.05) is 0 Å². The van der Waals surface area contributed by atoms with Crippen molar-refractivity contribution in [2.45, 2.75) is 12.1 Å². The third kappa shape index (κ3) is 0.916. The number of carbonyl (C=O) groups is 1. The van der Waals surface area contributed by atoms with Crippen LogP contribution in [0.2, 0.25) is 0 Å². The zero-order valence-corrected chi connectivity index (χ0v) is 12.1. The monoisotopic (exact) mass is 307 g/mol. The first-order valence-electron chi connectivity index (χ1n) is 8.27. The summed E-state index contributed by atoms with van der Waals surface area (Å²) >= 11 is 0. The number of hydrogen-bond acceptors (Lipinski definition) is 3. The molecule has 114 valence electrons. The molecule has 0 radical (unpaired) electrons. The molecule has 0 amide bonds. The molecule has 7 aliphatic rings. The van der Waals surface area contributed by atoms with Gasteiger partial charge < -0.3 is 0 Å². The fraction of sp³-hybridized carbons (Fsp3) is 0.471. The Hall–Kier alpha value is -2.37. The van der Waals surface area contributed by atoms with Crippen LogP contribution in [-0.2, 0) is 4.79 Å². The minimum atomic E-state index is -0.237. The molecule has 4 atom stereocenters. The third-order valence-corrected chi connectivity index (χ3v) is 7.09. The summed E-state index contributed by atoms with van der Waals surface area (Å²) in [6.07, 6.45) is 0. The van der Waals surface area contributed by atoms with Gasteiger partial charge >= 0.3 is 11.4 Å². The van der Waals surface area contributed by atoms with Crippen LogP contribution in [0.5, 0.6) is 0 Å². The average molecular weight is 307 g/mol. The molecule has 1 aromatic heterocycles. The summed E-state index contributed by atoms with van der Waals surface area (Å²) in [5.74, 6) is 1.94. The van der Waals surface area contributed by atoms with E-state index in [0.29, 0.717) is 35.1 Å². The second kappa shape index (κ2) is 3.00. The standard InChI is InChI=1S/C17H13N3O3/c21-15-11-7-8(11)14-10-9(12(10)15)13(7)19-16(22)18(17(23)20(14)19)6-4-2-1-3-5-6/h1-5,7-14H. The Bertz CT molecular complexity index is 964. The van der Waals surface area contributed by atoms with Gasteiger partial charge in [-0.25, -0.2) is 23.5 Å². The normalized spacial score (nSPS) is 45.8. The average Bonchev–Trinajstić information content (AvgIpc) is 3.45. The summed E-state index contributed by atoms with van der Waals surface area (Å²) < 4.78 is 4.70. The Labute approximate surface area is 129 Å². The molecule has 0 spiro atoms. The lowest BCUT2D eigenvalue weighted by Gasteiger charge is -2.36. The lowest BCUT2D eigenvalue weighted by Crippen LogP contribution is -2.45. The van der Waals surface area contributed by atoms with Crippen LogP contribution in [0.4, 0.5) is 0 Å². The summed E-state index contributed by atoms with van der Waals surface area (Å²) in [5.41, 5.74) is 0.150. The highest BCUT2D eigenvalue weighted by Crippen LogP contribution is 2.84. The van der Waals surface area contributed by atoms with Crippen LogP contribution in [-0.4, -0.2) is 19.7 Å². The van der Waals surface area contributed by atoms with Crippen molar-refractivity contribution >= 4 is 5.78 Å². The highest BCUT2D eigenvalue weighted by atomic mass is 16.2. The first-order valence-corrected chi connectivity index (χ1v) is 8.27. The van der Waals surface area contributed by atoms with Gasteiger partial charge in [0, 0.05) is 11.8 Å². The van der Waals surface area contributed by atoms with Crippen LogP contribution in [0.15, 0.2) is 39.9 Å². The molecule has 6 nitrogen and oxygen atoms in total. The van der Waals surface area contributed by atoms with Gasteiger partial charge in [-0.15, -0.1) is 0 Å². The Morgan fingerprint density at radius 2 is 1.17 bits per heavy atom. The van der Waals surface area contributed by atoms with Gasteiger partial charge in [0.2, 0.25) is 0 Å². The van der Waals surface area contributed by atoms with Crippen LogP contribution in [0.25, 0.3) is 5.69 Å². The van der Waals surface area contributed by atoms with Crippen LogP contribution in [0, 0.1) is 35.5 Å². The van der Waals surface area contributed by atoms with Crippen molar-refractivity contribution in [3.63, 3.8) is 0 Å². The predicted octanol–water partition coefficient (Wildman–Crippen LogP) is 0.217. The largest absolute Gasteiger partial charge is 0.352 e. The van der Waals surface area contributed by atoms with Crippen LogP contribution in [0.1, 0.15) is 12.1 Å². The van der Waals surface area contributed by atoms with E-state index in [9.17, 15) is 14.4 Å². The molecule has 6 heteroatoms. The Morgan fingerprint density at radius 1 is 0.696 bits per heavy atom. The maximum Gasteiger partial charge on any atom is 0.352 e. The molecule has 23 heavy (non-hydrogen) atoms. The number of benzene rings is 1. The smallest absolute Gasteiger partial charge is 0.299 e. The van der Waals surface area contributed by atoms with Crippen molar-refractivity contribution < 1.29 is 4.79 Å². The van der Waals surface area contributed by atoms with E-state index < -0.39 is 0 Å². The minimum absolute atomic E-state index is 0.0767. The van der Waals surface area contributed by atoms with Gasteiger partial charge in [0.1, 0.15) is 5.78 Å². The Balaban J connectivity index is 1.54. The lowest BCUT2D eigenvalue weighted by molar-refractivity contribution is -0.124. The van der Waals surface area contributed by atoms with E-state index in [1.165, 1.54) is 4.57 Å². The number of carbonyl (C=O) groups excluding carboxylic acids is 1. The van der Waals surface area contributed by atoms with Gasteiger partial charge in [0.25, 0.3) is 0 Å². The zero-order valence-electron chi connectivity index (χ0n) is 12.1. The molecule has 2 aliphatic heterocycles. The second-order valence-corrected chi connectivity index (χ2v) is 7.67. The van der Waals surface area contributed by atoms with E-state index in [2.05, 4.69) is 0 Å². The minimum Gasteiger partial charge on any atom is -0.299 e. The van der Waals surface area contributed by atoms with Crippen LogP contribution in [0.3, 0.4) is 0 Å². The number of rotatable bonds is 1. The summed E-state index contributed by atoms with van der Waals surface area (Å²) in [6.45, 7) is 0. The van der Waals surface area contributed by atoms with Gasteiger partial charge in [-0.3, -0.25) is 4.79 Å². The van der Waals surface area contributed by atoms with Crippen molar-refractivity contribution in [1.29, 1.82) is 0 Å². The summed E-state index contributed by atoms with van der Waals surface area (Å²) in [7, 11) is 0. The van der Waals surface area contributed by atoms with E-state index in [4.69, 9.17) is 0 Å². The fourth-order valence-corrected chi connectivity index (χ4v) is 6.44. The molecular formula is C17H13N3O3. The SMILES string of the molecule is O=C1C2C3C2C2C4C1C4C3n1c(=O)n(-c3ccccc3)c(=O)n12. The maximum atomic E-state index is 13.0. The Morgan fingerprint density at radius 3 is 1.65 bits per heavy atom. The van der Waals surface area contributed by atoms with E-state index >= 15 is 0 Å². The number of nitrogens with zero attached hydrogens (tertiary/aromatic N) is 3. The van der Waals surface area contributed by atoms with Gasteiger partial charge in [-0.05, 0) is 35.8 Å². The van der Waals surface area contributed by atoms with Crippen molar-refractivity contribution in [1.82, 2.24) is 13.9 Å². The van der Waals surface area contributed by atoms with Gasteiger partial charge in [-0.2, -0.15) is 0 Å². The summed E-state index contributed by atoms with van der Waals surface area (Å²) in [6, 6.07) is 9.27. The molecule has 8 bridgehead atoms. The highest BCUT2D eigenvalue weighted by molar-refractivity contribution is 5.93. The lowest BCUT2D eigenvalue weighted by atomic mass is 9.89. The number of Topliss-reactive ketones (excluding diaryl/α,β-unsaturated/α-hetero) is 1. The third-order valence-electron chi connectivity index (χ3n) is 7.09. The van der Waals surface area contributed by atoms with Gasteiger partial charge in [0.05, 0.1) is 17.8 Å². The molecule has 5 fully saturated rings. The van der Waals surface area contributed by atoms with E-state index in [1.807, 2.05) is 18.2 Å². The summed E-state index contributed by atoms with van der Waals surface area (Å²) in [4.78, 5) is 38.3. The zero-order chi connectivity index (χ0) is 15.2. The number of aromatic nitrogens is 3. The molecule has 5 aliphatic carbocycles. The van der Waals surface area contributed by atoms with Gasteiger partial charge in [0.15, 0.2) is 0 Å². The molecule has 0 saturated heterocycles. The topological polar surface area (TPSA) is 66.0 Å². The molecular weight excluding hydrogens is 294 g/mol. The molecule has 5 saturated carbocycles. The maximum absolute atomic E-state index is 13.0. The highest BCUT2D eigenvalue weighted by Gasteiger charge is 2.87. The molecule has 2 aromatic rings. The van der Waals surface area contributed by atoms with E-state index in [0.717, 1.165) is 0 Å². The van der Waals surface area contributed by atoms with Gasteiger partial charge in [-0.1, -0.05) is 18.2 Å². The van der Waals surface area contributed by atoms with Crippen molar-refractivity contribution in [3.05, 3.63) is 51.3 Å².